The van der Waals surface area contributed by atoms with E-state index in [9.17, 15) is 23.1 Å². The van der Waals surface area contributed by atoms with Gasteiger partial charge in [-0.3, -0.25) is 4.79 Å². The van der Waals surface area contributed by atoms with Crippen LogP contribution in [0.2, 0.25) is 0 Å². The van der Waals surface area contributed by atoms with E-state index in [0.717, 1.165) is 31.8 Å². The second-order valence-electron chi connectivity index (χ2n) is 7.35. The van der Waals surface area contributed by atoms with Gasteiger partial charge in [0, 0.05) is 37.7 Å². The summed E-state index contributed by atoms with van der Waals surface area (Å²) >= 11 is 0. The van der Waals surface area contributed by atoms with Crippen LogP contribution in [-0.4, -0.2) is 60.1 Å². The molecule has 0 bridgehead atoms. The van der Waals surface area contributed by atoms with Crippen LogP contribution >= 0.6 is 0 Å². The fourth-order valence-electron chi connectivity index (χ4n) is 3.98. The fraction of sp³-hybridized carbons (Fsp3) is 0.632. The molecule has 0 aliphatic carbocycles. The highest BCUT2D eigenvalue weighted by Gasteiger charge is 2.36. The number of halogens is 3. The van der Waals surface area contributed by atoms with Crippen molar-refractivity contribution < 1.29 is 23.1 Å². The summed E-state index contributed by atoms with van der Waals surface area (Å²) in [7, 11) is 0. The lowest BCUT2D eigenvalue weighted by Gasteiger charge is -2.30. The largest absolute Gasteiger partial charge is 0.416 e. The maximum absolute atomic E-state index is 12.7. The van der Waals surface area contributed by atoms with E-state index in [0.29, 0.717) is 13.1 Å². The lowest BCUT2D eigenvalue weighted by atomic mass is 9.95. The van der Waals surface area contributed by atoms with E-state index in [1.165, 1.54) is 31.4 Å². The molecule has 1 N–H and O–H groups in total. The minimum Gasteiger partial charge on any atom is -0.396 e. The molecule has 26 heavy (non-hydrogen) atoms. The Morgan fingerprint density at radius 3 is 2.23 bits per heavy atom. The molecule has 2 aliphatic rings. The zero-order valence-corrected chi connectivity index (χ0v) is 14.7. The summed E-state index contributed by atoms with van der Waals surface area (Å²) < 4.78 is 38.0. The Labute approximate surface area is 151 Å². The van der Waals surface area contributed by atoms with Crippen LogP contribution in [0, 0.1) is 11.8 Å². The van der Waals surface area contributed by atoms with Gasteiger partial charge in [0.1, 0.15) is 0 Å². The molecule has 0 spiro atoms. The van der Waals surface area contributed by atoms with Crippen LogP contribution in [-0.2, 0) is 6.18 Å². The highest BCUT2D eigenvalue weighted by atomic mass is 19.4. The summed E-state index contributed by atoms with van der Waals surface area (Å²) in [5.41, 5.74) is -0.500. The van der Waals surface area contributed by atoms with Gasteiger partial charge in [0.25, 0.3) is 5.91 Å². The average Bonchev–Trinajstić information content (AvgIpc) is 3.04. The van der Waals surface area contributed by atoms with Crippen LogP contribution in [0.5, 0.6) is 0 Å². The maximum atomic E-state index is 12.7. The molecule has 1 aromatic carbocycles. The summed E-state index contributed by atoms with van der Waals surface area (Å²) in [6.45, 7) is 4.00. The highest BCUT2D eigenvalue weighted by molar-refractivity contribution is 5.94. The number of amides is 1. The fourth-order valence-corrected chi connectivity index (χ4v) is 3.98. The second-order valence-corrected chi connectivity index (χ2v) is 7.35. The molecule has 2 heterocycles. The van der Waals surface area contributed by atoms with Crippen molar-refractivity contribution in [2.75, 3.05) is 39.3 Å². The monoisotopic (exact) mass is 370 g/mol. The molecule has 0 radical (unpaired) electrons. The molecule has 2 atom stereocenters. The molecular weight excluding hydrogens is 345 g/mol. The van der Waals surface area contributed by atoms with Crippen molar-refractivity contribution in [2.45, 2.75) is 25.4 Å². The summed E-state index contributed by atoms with van der Waals surface area (Å²) in [6, 6.07) is 4.35. The van der Waals surface area contributed by atoms with E-state index < -0.39 is 11.7 Å². The van der Waals surface area contributed by atoms with Crippen LogP contribution in [0.3, 0.4) is 0 Å². The molecule has 2 fully saturated rings. The van der Waals surface area contributed by atoms with Crippen LogP contribution in [0.1, 0.15) is 35.2 Å². The lowest BCUT2D eigenvalue weighted by Crippen LogP contribution is -2.37. The minimum absolute atomic E-state index is 0.0231. The minimum atomic E-state index is -4.41. The number of alkyl halides is 3. The topological polar surface area (TPSA) is 43.8 Å². The number of aliphatic hydroxyl groups is 1. The highest BCUT2D eigenvalue weighted by Crippen LogP contribution is 2.30. The van der Waals surface area contributed by atoms with Crippen LogP contribution < -0.4 is 0 Å². The molecule has 1 aromatic rings. The zero-order valence-electron chi connectivity index (χ0n) is 14.7. The first-order valence-electron chi connectivity index (χ1n) is 9.18. The van der Waals surface area contributed by atoms with Gasteiger partial charge in [-0.25, -0.2) is 0 Å². The lowest BCUT2D eigenvalue weighted by molar-refractivity contribution is -0.137. The normalized spacial score (nSPS) is 24.8. The Kier molecular flexibility index (Phi) is 5.87. The quantitative estimate of drug-likeness (QED) is 0.886. The van der Waals surface area contributed by atoms with Crippen molar-refractivity contribution in [1.29, 1.82) is 0 Å². The van der Waals surface area contributed by atoms with Crippen molar-refractivity contribution in [3.05, 3.63) is 35.4 Å². The van der Waals surface area contributed by atoms with Gasteiger partial charge < -0.3 is 14.9 Å². The Hall–Kier alpha value is -1.60. The number of likely N-dealkylation sites (tertiary alicyclic amines) is 2. The number of piperidine rings is 1. The molecule has 0 saturated carbocycles. The summed E-state index contributed by atoms with van der Waals surface area (Å²) in [4.78, 5) is 16.7. The van der Waals surface area contributed by atoms with Crippen LogP contribution in [0.25, 0.3) is 0 Å². The summed E-state index contributed by atoms with van der Waals surface area (Å²) in [5.74, 6) is -0.0369. The smallest absolute Gasteiger partial charge is 0.396 e. The SMILES string of the molecule is O=C(c1ccc(C(F)(F)F)cc1)N1C[C@@H](CN2CCCCC2)[C@@H](CO)C1. The molecule has 1 amide bonds. The van der Waals surface area contributed by atoms with E-state index in [1.54, 1.807) is 4.90 Å². The first-order valence-corrected chi connectivity index (χ1v) is 9.18. The van der Waals surface area contributed by atoms with E-state index >= 15 is 0 Å². The van der Waals surface area contributed by atoms with Gasteiger partial charge in [-0.15, -0.1) is 0 Å². The van der Waals surface area contributed by atoms with Crippen LogP contribution in [0.4, 0.5) is 13.2 Å². The van der Waals surface area contributed by atoms with Gasteiger partial charge >= 0.3 is 6.18 Å². The summed E-state index contributed by atoms with van der Waals surface area (Å²) in [5, 5.41) is 9.68. The Morgan fingerprint density at radius 1 is 1.04 bits per heavy atom. The van der Waals surface area contributed by atoms with Crippen molar-refractivity contribution in [1.82, 2.24) is 9.80 Å². The number of benzene rings is 1. The molecule has 144 valence electrons. The predicted octanol–water partition coefficient (Wildman–Crippen LogP) is 2.87. The molecule has 2 aliphatic heterocycles. The molecular formula is C19H25F3N2O2. The standard InChI is InChI=1S/C19H25F3N2O2/c20-19(21,22)17-6-4-14(5-7-17)18(26)24-11-15(16(12-24)13-25)10-23-8-2-1-3-9-23/h4-7,15-16,25H,1-3,8-13H2/t15-,16-/m1/s1. The Bertz CT molecular complexity index is 612. The van der Waals surface area contributed by atoms with Crippen molar-refractivity contribution in [3.63, 3.8) is 0 Å². The summed E-state index contributed by atoms with van der Waals surface area (Å²) in [6.07, 6.45) is -0.782. The number of aliphatic hydroxyl groups excluding tert-OH is 1. The molecule has 2 saturated heterocycles. The molecule has 4 nitrogen and oxygen atoms in total. The zero-order chi connectivity index (χ0) is 18.7. The van der Waals surface area contributed by atoms with E-state index in [4.69, 9.17) is 0 Å². The third-order valence-corrected chi connectivity index (χ3v) is 5.50. The molecule has 3 rings (SSSR count). The number of rotatable bonds is 4. The molecule has 0 aromatic heterocycles. The van der Waals surface area contributed by atoms with Crippen molar-refractivity contribution in [3.8, 4) is 0 Å². The third kappa shape index (κ3) is 4.38. The number of hydrogen-bond donors (Lipinski definition) is 1. The van der Waals surface area contributed by atoms with Crippen LogP contribution in [0.15, 0.2) is 24.3 Å². The number of carbonyl (C=O) groups is 1. The predicted molar refractivity (Wildman–Crippen MR) is 91.7 cm³/mol. The van der Waals surface area contributed by atoms with Gasteiger partial charge in [-0.1, -0.05) is 6.42 Å². The van der Waals surface area contributed by atoms with Gasteiger partial charge in [-0.2, -0.15) is 13.2 Å². The Morgan fingerprint density at radius 2 is 1.65 bits per heavy atom. The second kappa shape index (κ2) is 7.96. The molecule has 7 heteroatoms. The number of carbonyl (C=O) groups excluding carboxylic acids is 1. The van der Waals surface area contributed by atoms with Gasteiger partial charge in [-0.05, 0) is 56.1 Å². The maximum Gasteiger partial charge on any atom is 0.416 e. The van der Waals surface area contributed by atoms with Crippen molar-refractivity contribution >= 4 is 5.91 Å². The number of hydrogen-bond acceptors (Lipinski definition) is 3. The van der Waals surface area contributed by atoms with Crippen molar-refractivity contribution in [2.24, 2.45) is 11.8 Å². The van der Waals surface area contributed by atoms with E-state index in [1.807, 2.05) is 0 Å². The first-order chi connectivity index (χ1) is 12.4. The number of nitrogens with zero attached hydrogens (tertiary/aromatic N) is 2. The third-order valence-electron chi connectivity index (χ3n) is 5.50. The van der Waals surface area contributed by atoms with Gasteiger partial charge in [0.2, 0.25) is 0 Å². The average molecular weight is 370 g/mol. The first kappa shape index (κ1) is 19.2. The van der Waals surface area contributed by atoms with Gasteiger partial charge in [0.15, 0.2) is 0 Å². The van der Waals surface area contributed by atoms with E-state index in [2.05, 4.69) is 4.90 Å². The Balaban J connectivity index is 1.64. The van der Waals surface area contributed by atoms with E-state index in [-0.39, 0.29) is 29.9 Å². The van der Waals surface area contributed by atoms with Gasteiger partial charge in [0.05, 0.1) is 5.56 Å². The molecule has 0 unspecified atom stereocenters.